The highest BCUT2D eigenvalue weighted by Gasteiger charge is 2.54. The Morgan fingerprint density at radius 1 is 1.25 bits per heavy atom. The molecular formula is C17H20FN5O. The van der Waals surface area contributed by atoms with E-state index >= 15 is 0 Å². The van der Waals surface area contributed by atoms with E-state index < -0.39 is 6.35 Å². The zero-order valence-corrected chi connectivity index (χ0v) is 13.4. The first kappa shape index (κ1) is 14.5. The van der Waals surface area contributed by atoms with Crippen molar-refractivity contribution in [2.75, 3.05) is 31.1 Å². The SMILES string of the molecule is NC1OC2(CN3CCC2CC3)CN1c1ncc2c(F)cccc2n1. The number of ether oxygens (including phenoxy) is 1. The van der Waals surface area contributed by atoms with Crippen molar-refractivity contribution in [2.24, 2.45) is 11.7 Å². The highest BCUT2D eigenvalue weighted by atomic mass is 19.1. The molecule has 0 radical (unpaired) electrons. The van der Waals surface area contributed by atoms with Crippen LogP contribution in [0.3, 0.4) is 0 Å². The Kier molecular flexibility index (Phi) is 3.07. The largest absolute Gasteiger partial charge is 0.335 e. The predicted octanol–water partition coefficient (Wildman–Crippen LogP) is 1.31. The van der Waals surface area contributed by atoms with E-state index in [1.807, 2.05) is 4.90 Å². The number of nitrogens with two attached hydrogens (primary N) is 1. The minimum atomic E-state index is -0.559. The van der Waals surface area contributed by atoms with Crippen LogP contribution in [0.15, 0.2) is 24.4 Å². The summed E-state index contributed by atoms with van der Waals surface area (Å²) in [6, 6.07) is 4.86. The smallest absolute Gasteiger partial charge is 0.229 e. The molecular weight excluding hydrogens is 309 g/mol. The molecule has 2 bridgehead atoms. The Labute approximate surface area is 139 Å². The molecule has 0 saturated carbocycles. The summed E-state index contributed by atoms with van der Waals surface area (Å²) in [6.45, 7) is 3.91. The number of rotatable bonds is 1. The monoisotopic (exact) mass is 329 g/mol. The molecule has 0 aliphatic carbocycles. The molecule has 2 aromatic rings. The van der Waals surface area contributed by atoms with Gasteiger partial charge < -0.3 is 9.64 Å². The topological polar surface area (TPSA) is 67.5 Å². The van der Waals surface area contributed by atoms with Crippen molar-refractivity contribution in [2.45, 2.75) is 24.8 Å². The van der Waals surface area contributed by atoms with Crippen LogP contribution in [0, 0.1) is 11.7 Å². The molecule has 126 valence electrons. The number of anilines is 1. The number of piperidine rings is 3. The number of hydrogen-bond acceptors (Lipinski definition) is 6. The second-order valence-corrected chi connectivity index (χ2v) is 7.09. The molecule has 0 amide bonds. The molecule has 24 heavy (non-hydrogen) atoms. The third-order valence-electron chi connectivity index (χ3n) is 5.74. The highest BCUT2D eigenvalue weighted by Crippen LogP contribution is 2.43. The lowest BCUT2D eigenvalue weighted by molar-refractivity contribution is -0.137. The van der Waals surface area contributed by atoms with Gasteiger partial charge in [-0.15, -0.1) is 0 Å². The summed E-state index contributed by atoms with van der Waals surface area (Å²) in [5.74, 6) is 0.736. The summed E-state index contributed by atoms with van der Waals surface area (Å²) in [5, 5.41) is 0.424. The molecule has 1 aromatic heterocycles. The lowest BCUT2D eigenvalue weighted by Gasteiger charge is -2.50. The van der Waals surface area contributed by atoms with E-state index in [0.29, 0.717) is 29.3 Å². The lowest BCUT2D eigenvalue weighted by Crippen LogP contribution is -2.61. The summed E-state index contributed by atoms with van der Waals surface area (Å²) in [5.41, 5.74) is 6.61. The van der Waals surface area contributed by atoms with Crippen LogP contribution in [0.1, 0.15) is 12.8 Å². The van der Waals surface area contributed by atoms with Crippen LogP contribution in [0.4, 0.5) is 10.3 Å². The molecule has 2 N–H and O–H groups in total. The van der Waals surface area contributed by atoms with Gasteiger partial charge in [-0.3, -0.25) is 10.6 Å². The fourth-order valence-electron chi connectivity index (χ4n) is 4.49. The van der Waals surface area contributed by atoms with Crippen molar-refractivity contribution < 1.29 is 9.13 Å². The Hall–Kier alpha value is -1.83. The maximum atomic E-state index is 13.8. The maximum absolute atomic E-state index is 13.8. The number of fused-ring (bicyclic) bond motifs is 3. The van der Waals surface area contributed by atoms with Gasteiger partial charge in [-0.1, -0.05) is 6.07 Å². The number of halogens is 1. The first-order valence-electron chi connectivity index (χ1n) is 8.48. The summed E-state index contributed by atoms with van der Waals surface area (Å²) in [6.07, 6.45) is 3.28. The van der Waals surface area contributed by atoms with Gasteiger partial charge in [0.2, 0.25) is 5.95 Å². The van der Waals surface area contributed by atoms with Crippen LogP contribution in [0.25, 0.3) is 10.9 Å². The van der Waals surface area contributed by atoms with Gasteiger partial charge in [0, 0.05) is 12.7 Å². The summed E-state index contributed by atoms with van der Waals surface area (Å²) < 4.78 is 20.0. The van der Waals surface area contributed by atoms with Crippen molar-refractivity contribution in [1.29, 1.82) is 0 Å². The second kappa shape index (κ2) is 5.08. The molecule has 4 saturated heterocycles. The van der Waals surface area contributed by atoms with Crippen LogP contribution >= 0.6 is 0 Å². The molecule has 4 aliphatic heterocycles. The van der Waals surface area contributed by atoms with Crippen molar-refractivity contribution in [3.8, 4) is 0 Å². The van der Waals surface area contributed by atoms with E-state index in [1.165, 1.54) is 12.3 Å². The third-order valence-corrected chi connectivity index (χ3v) is 5.74. The summed E-state index contributed by atoms with van der Waals surface area (Å²) >= 11 is 0. The van der Waals surface area contributed by atoms with Gasteiger partial charge in [0.05, 0.1) is 17.4 Å². The van der Waals surface area contributed by atoms with Crippen LogP contribution in [0.2, 0.25) is 0 Å². The molecule has 4 aliphatic rings. The second-order valence-electron chi connectivity index (χ2n) is 7.09. The third kappa shape index (κ3) is 2.05. The summed E-state index contributed by atoms with van der Waals surface area (Å²) in [7, 11) is 0. The van der Waals surface area contributed by atoms with Crippen molar-refractivity contribution in [3.05, 3.63) is 30.2 Å². The highest BCUT2D eigenvalue weighted by molar-refractivity contribution is 5.79. The van der Waals surface area contributed by atoms with Gasteiger partial charge >= 0.3 is 0 Å². The quantitative estimate of drug-likeness (QED) is 0.851. The molecule has 7 heteroatoms. The Morgan fingerprint density at radius 3 is 2.83 bits per heavy atom. The average Bonchev–Trinajstić information content (AvgIpc) is 2.92. The fraction of sp³-hybridized carbons (Fsp3) is 0.529. The van der Waals surface area contributed by atoms with E-state index in [-0.39, 0.29) is 11.4 Å². The van der Waals surface area contributed by atoms with Gasteiger partial charge in [-0.05, 0) is 44.0 Å². The molecule has 2 unspecified atom stereocenters. The minimum Gasteiger partial charge on any atom is -0.335 e. The van der Waals surface area contributed by atoms with E-state index in [1.54, 1.807) is 12.1 Å². The number of benzene rings is 1. The Balaban J connectivity index is 1.49. The van der Waals surface area contributed by atoms with Crippen molar-refractivity contribution in [3.63, 3.8) is 0 Å². The number of nitrogens with zero attached hydrogens (tertiary/aromatic N) is 4. The number of aromatic nitrogens is 2. The van der Waals surface area contributed by atoms with Crippen LogP contribution < -0.4 is 10.6 Å². The standard InChI is InChI=1S/C17H20FN5O/c18-13-2-1-3-14-12(13)8-20-16(21-14)23-10-17(24-15(23)19)9-22-6-4-11(17)5-7-22/h1-3,8,11,15H,4-7,9-10,19H2. The van der Waals surface area contributed by atoms with Gasteiger partial charge in [0.25, 0.3) is 0 Å². The van der Waals surface area contributed by atoms with Gasteiger partial charge in [0.15, 0.2) is 6.35 Å². The van der Waals surface area contributed by atoms with Crippen molar-refractivity contribution >= 4 is 16.9 Å². The molecule has 5 heterocycles. The molecule has 1 spiro atoms. The molecule has 1 aromatic carbocycles. The molecule has 6 rings (SSSR count). The minimum absolute atomic E-state index is 0.226. The Morgan fingerprint density at radius 2 is 2.08 bits per heavy atom. The zero-order valence-electron chi connectivity index (χ0n) is 13.4. The van der Waals surface area contributed by atoms with E-state index in [2.05, 4.69) is 14.9 Å². The van der Waals surface area contributed by atoms with E-state index in [0.717, 1.165) is 32.5 Å². The fourth-order valence-corrected chi connectivity index (χ4v) is 4.49. The van der Waals surface area contributed by atoms with E-state index in [9.17, 15) is 4.39 Å². The predicted molar refractivity (Wildman–Crippen MR) is 87.8 cm³/mol. The molecule has 6 nitrogen and oxygen atoms in total. The van der Waals surface area contributed by atoms with Crippen molar-refractivity contribution in [1.82, 2.24) is 14.9 Å². The molecule has 2 atom stereocenters. The number of hydrogen-bond donors (Lipinski definition) is 1. The first-order valence-corrected chi connectivity index (χ1v) is 8.48. The van der Waals surface area contributed by atoms with Crippen LogP contribution in [-0.2, 0) is 4.74 Å². The van der Waals surface area contributed by atoms with Gasteiger partial charge in [-0.25, -0.2) is 14.4 Å². The first-order chi connectivity index (χ1) is 11.6. The Bertz CT molecular complexity index is 794. The normalized spacial score (nSPS) is 35.2. The van der Waals surface area contributed by atoms with Gasteiger partial charge in [-0.2, -0.15) is 0 Å². The van der Waals surface area contributed by atoms with Crippen LogP contribution in [-0.4, -0.2) is 53.0 Å². The van der Waals surface area contributed by atoms with E-state index in [4.69, 9.17) is 10.5 Å². The van der Waals surface area contributed by atoms with Crippen LogP contribution in [0.5, 0.6) is 0 Å². The maximum Gasteiger partial charge on any atom is 0.229 e. The average molecular weight is 329 g/mol. The zero-order chi connectivity index (χ0) is 16.3. The van der Waals surface area contributed by atoms with Gasteiger partial charge in [0.1, 0.15) is 11.4 Å². The summed E-state index contributed by atoms with van der Waals surface area (Å²) in [4.78, 5) is 13.2. The lowest BCUT2D eigenvalue weighted by atomic mass is 9.75. The molecule has 4 fully saturated rings.